The Bertz CT molecular complexity index is 145. The van der Waals surface area contributed by atoms with Gasteiger partial charge in [0.25, 0.3) is 0 Å². The Morgan fingerprint density at radius 2 is 0.857 bits per heavy atom. The molecule has 2 heteroatoms. The van der Waals surface area contributed by atoms with Crippen LogP contribution in [0.25, 0.3) is 0 Å². The Balaban J connectivity index is 2.81. The van der Waals surface area contributed by atoms with E-state index < -0.39 is 0 Å². The van der Waals surface area contributed by atoms with Crippen molar-refractivity contribution in [3.05, 3.63) is 0 Å². The van der Waals surface area contributed by atoms with Crippen LogP contribution in [0.15, 0.2) is 0 Å². The minimum Gasteiger partial charge on any atom is -0.396 e. The molecule has 0 radical (unpaired) electrons. The molecule has 2 N–H and O–H groups in total. The lowest BCUT2D eigenvalue weighted by Gasteiger charge is -2.47. The van der Waals surface area contributed by atoms with Crippen LogP contribution in [0.4, 0.5) is 0 Å². The molecule has 0 spiro atoms. The van der Waals surface area contributed by atoms with Gasteiger partial charge in [0.05, 0.1) is 0 Å². The third-order valence-corrected chi connectivity index (χ3v) is 4.78. The second kappa shape index (κ2) is 4.63. The van der Waals surface area contributed by atoms with Crippen molar-refractivity contribution in [2.45, 2.75) is 27.7 Å². The van der Waals surface area contributed by atoms with Gasteiger partial charge in [-0.25, -0.2) is 0 Å². The molecular weight excluding hydrogens is 176 g/mol. The smallest absolute Gasteiger partial charge is 0.0464 e. The van der Waals surface area contributed by atoms with Crippen LogP contribution in [0.2, 0.25) is 0 Å². The molecule has 0 aromatic rings. The normalized spacial score (nSPS) is 49.3. The molecule has 1 aliphatic carbocycles. The molecule has 0 bridgehead atoms. The summed E-state index contributed by atoms with van der Waals surface area (Å²) in [4.78, 5) is 0. The molecular formula is C12H24O2. The fourth-order valence-electron chi connectivity index (χ4n) is 3.18. The predicted octanol–water partition coefficient (Wildman–Crippen LogP) is 1.76. The van der Waals surface area contributed by atoms with Crippen LogP contribution in [0.5, 0.6) is 0 Å². The summed E-state index contributed by atoms with van der Waals surface area (Å²) < 4.78 is 0. The van der Waals surface area contributed by atoms with Crippen molar-refractivity contribution in [3.8, 4) is 0 Å². The molecule has 2 nitrogen and oxygen atoms in total. The van der Waals surface area contributed by atoms with Crippen LogP contribution in [-0.2, 0) is 0 Å². The van der Waals surface area contributed by atoms with E-state index in [2.05, 4.69) is 27.7 Å². The summed E-state index contributed by atoms with van der Waals surface area (Å²) in [7, 11) is 0. The molecule has 0 aromatic carbocycles. The molecule has 0 aromatic heterocycles. The van der Waals surface area contributed by atoms with Crippen LogP contribution in [0, 0.1) is 35.5 Å². The van der Waals surface area contributed by atoms with Gasteiger partial charge in [0.1, 0.15) is 0 Å². The van der Waals surface area contributed by atoms with Gasteiger partial charge >= 0.3 is 0 Å². The van der Waals surface area contributed by atoms with Gasteiger partial charge in [0.15, 0.2) is 0 Å². The van der Waals surface area contributed by atoms with Crippen LogP contribution in [0.3, 0.4) is 0 Å². The van der Waals surface area contributed by atoms with Crippen molar-refractivity contribution in [3.63, 3.8) is 0 Å². The Labute approximate surface area is 87.3 Å². The van der Waals surface area contributed by atoms with Gasteiger partial charge in [-0.15, -0.1) is 0 Å². The van der Waals surface area contributed by atoms with E-state index in [9.17, 15) is 10.2 Å². The van der Waals surface area contributed by atoms with E-state index in [1.165, 1.54) is 0 Å². The third-order valence-electron chi connectivity index (χ3n) is 4.78. The van der Waals surface area contributed by atoms with Crippen molar-refractivity contribution in [2.24, 2.45) is 35.5 Å². The number of hydrogen-bond acceptors (Lipinski definition) is 2. The summed E-state index contributed by atoms with van der Waals surface area (Å²) >= 11 is 0. The monoisotopic (exact) mass is 200 g/mol. The lowest BCUT2D eigenvalue weighted by Crippen LogP contribution is -2.45. The van der Waals surface area contributed by atoms with Gasteiger partial charge in [0, 0.05) is 13.2 Å². The zero-order valence-corrected chi connectivity index (χ0v) is 9.77. The van der Waals surface area contributed by atoms with Crippen molar-refractivity contribution in [2.75, 3.05) is 13.2 Å². The number of aliphatic hydroxyl groups excluding tert-OH is 2. The highest BCUT2D eigenvalue weighted by Crippen LogP contribution is 2.44. The molecule has 0 heterocycles. The molecule has 1 aliphatic rings. The Kier molecular flexibility index (Phi) is 3.96. The molecule has 0 aliphatic heterocycles. The van der Waals surface area contributed by atoms with Crippen LogP contribution >= 0.6 is 0 Å². The lowest BCUT2D eigenvalue weighted by molar-refractivity contribution is -0.0363. The van der Waals surface area contributed by atoms with Crippen LogP contribution in [0.1, 0.15) is 27.7 Å². The summed E-state index contributed by atoms with van der Waals surface area (Å²) in [6.07, 6.45) is 0. The molecule has 1 fully saturated rings. The van der Waals surface area contributed by atoms with E-state index in [-0.39, 0.29) is 13.2 Å². The Hall–Kier alpha value is -0.0800. The first-order chi connectivity index (χ1) is 6.54. The quantitative estimate of drug-likeness (QED) is 0.713. The van der Waals surface area contributed by atoms with E-state index >= 15 is 0 Å². The van der Waals surface area contributed by atoms with Gasteiger partial charge < -0.3 is 10.2 Å². The van der Waals surface area contributed by atoms with Crippen molar-refractivity contribution in [1.29, 1.82) is 0 Å². The lowest BCUT2D eigenvalue weighted by atomic mass is 9.59. The van der Waals surface area contributed by atoms with Gasteiger partial charge in [0.2, 0.25) is 0 Å². The summed E-state index contributed by atoms with van der Waals surface area (Å²) in [6.45, 7) is 9.39. The first kappa shape index (κ1) is 12.0. The predicted molar refractivity (Wildman–Crippen MR) is 57.8 cm³/mol. The standard InChI is InChI=1S/C12H24O2/c1-7-8(2)12(6-14)10(4)9(3)11(7)5-13/h7-14H,5-6H2,1-4H3. The number of rotatable bonds is 2. The second-order valence-electron chi connectivity index (χ2n) is 5.13. The molecule has 4 unspecified atom stereocenters. The topological polar surface area (TPSA) is 40.5 Å². The van der Waals surface area contributed by atoms with E-state index in [1.807, 2.05) is 0 Å². The van der Waals surface area contributed by atoms with E-state index in [0.29, 0.717) is 35.5 Å². The summed E-state index contributed by atoms with van der Waals surface area (Å²) in [5, 5.41) is 18.7. The summed E-state index contributed by atoms with van der Waals surface area (Å²) in [6, 6.07) is 0. The minimum atomic E-state index is 0.287. The maximum absolute atomic E-state index is 9.36. The third kappa shape index (κ3) is 1.82. The van der Waals surface area contributed by atoms with E-state index in [4.69, 9.17) is 0 Å². The largest absolute Gasteiger partial charge is 0.396 e. The highest BCUT2D eigenvalue weighted by atomic mass is 16.3. The molecule has 4 atom stereocenters. The van der Waals surface area contributed by atoms with E-state index in [1.54, 1.807) is 0 Å². The Morgan fingerprint density at radius 3 is 1.00 bits per heavy atom. The molecule has 1 saturated carbocycles. The fourth-order valence-corrected chi connectivity index (χ4v) is 3.18. The number of aliphatic hydroxyl groups is 2. The van der Waals surface area contributed by atoms with Crippen LogP contribution in [-0.4, -0.2) is 23.4 Å². The van der Waals surface area contributed by atoms with Gasteiger partial charge in [-0.1, -0.05) is 27.7 Å². The van der Waals surface area contributed by atoms with Crippen molar-refractivity contribution < 1.29 is 10.2 Å². The first-order valence-electron chi connectivity index (χ1n) is 5.76. The molecule has 1 rings (SSSR count). The Morgan fingerprint density at radius 1 is 0.643 bits per heavy atom. The zero-order chi connectivity index (χ0) is 10.9. The minimum absolute atomic E-state index is 0.287. The summed E-state index contributed by atoms with van der Waals surface area (Å²) in [5.41, 5.74) is 0. The highest BCUT2D eigenvalue weighted by molar-refractivity contribution is 4.90. The van der Waals surface area contributed by atoms with E-state index in [0.717, 1.165) is 0 Å². The average molecular weight is 200 g/mol. The molecule has 14 heavy (non-hydrogen) atoms. The molecule has 84 valence electrons. The zero-order valence-electron chi connectivity index (χ0n) is 9.77. The molecule has 0 saturated heterocycles. The molecule has 0 amide bonds. The van der Waals surface area contributed by atoms with Crippen LogP contribution < -0.4 is 0 Å². The van der Waals surface area contributed by atoms with Crippen molar-refractivity contribution >= 4 is 0 Å². The maximum Gasteiger partial charge on any atom is 0.0464 e. The highest BCUT2D eigenvalue weighted by Gasteiger charge is 2.42. The maximum atomic E-state index is 9.36. The van der Waals surface area contributed by atoms with Gasteiger partial charge in [-0.05, 0) is 35.5 Å². The SMILES string of the molecule is CC1C(C)C(CO)C(C)C(C)C1CO. The number of hydrogen-bond donors (Lipinski definition) is 2. The fraction of sp³-hybridized carbons (Fsp3) is 1.00. The average Bonchev–Trinajstić information content (AvgIpc) is 2.17. The summed E-state index contributed by atoms with van der Waals surface area (Å²) in [5.74, 6) is 2.88. The van der Waals surface area contributed by atoms with Gasteiger partial charge in [-0.2, -0.15) is 0 Å². The first-order valence-corrected chi connectivity index (χ1v) is 5.76. The van der Waals surface area contributed by atoms with Crippen molar-refractivity contribution in [1.82, 2.24) is 0 Å². The van der Waals surface area contributed by atoms with Gasteiger partial charge in [-0.3, -0.25) is 0 Å². The second-order valence-corrected chi connectivity index (χ2v) is 5.13.